The number of halogens is 1. The lowest BCUT2D eigenvalue weighted by molar-refractivity contribution is -0.119. The van der Waals surface area contributed by atoms with E-state index in [1.165, 1.54) is 17.8 Å². The van der Waals surface area contributed by atoms with Gasteiger partial charge in [-0.15, -0.1) is 0 Å². The molecule has 1 N–H and O–H groups in total. The maximum Gasteiger partial charge on any atom is 0.247 e. The van der Waals surface area contributed by atoms with Crippen molar-refractivity contribution in [3.63, 3.8) is 0 Å². The van der Waals surface area contributed by atoms with Crippen LogP contribution in [0.15, 0.2) is 72.1 Å². The van der Waals surface area contributed by atoms with Crippen LogP contribution in [0.5, 0.6) is 5.75 Å². The van der Waals surface area contributed by atoms with Crippen LogP contribution in [0, 0.1) is 5.82 Å². The molecule has 0 unspecified atom stereocenters. The molecule has 8 heteroatoms. The molecule has 2 heterocycles. The van der Waals surface area contributed by atoms with E-state index >= 15 is 0 Å². The molecule has 32 heavy (non-hydrogen) atoms. The first kappa shape index (κ1) is 21.8. The minimum absolute atomic E-state index is 0.158. The van der Waals surface area contributed by atoms with Crippen LogP contribution >= 0.6 is 11.8 Å². The van der Waals surface area contributed by atoms with Crippen molar-refractivity contribution >= 4 is 34.4 Å². The summed E-state index contributed by atoms with van der Waals surface area (Å²) in [5.41, 5.74) is 2.79. The number of hydrogen-bond donors (Lipinski definition) is 1. The summed E-state index contributed by atoms with van der Waals surface area (Å²) in [7, 11) is 1.64. The van der Waals surface area contributed by atoms with Crippen LogP contribution < -0.4 is 10.1 Å². The molecule has 1 amide bonds. The van der Waals surface area contributed by atoms with Crippen molar-refractivity contribution in [3.8, 4) is 5.75 Å². The molecular weight excluding hydrogens is 427 g/mol. The summed E-state index contributed by atoms with van der Waals surface area (Å²) in [5, 5.41) is 3.43. The smallest absolute Gasteiger partial charge is 0.247 e. The molecule has 0 spiro atoms. The molecule has 6 nitrogen and oxygen atoms in total. The summed E-state index contributed by atoms with van der Waals surface area (Å²) in [4.78, 5) is 22.1. The van der Waals surface area contributed by atoms with Gasteiger partial charge in [0.15, 0.2) is 5.16 Å². The average Bonchev–Trinajstić information content (AvgIpc) is 3.18. The number of rotatable bonds is 8. The fourth-order valence-electron chi connectivity index (χ4n) is 3.46. The quantitative estimate of drug-likeness (QED) is 0.361. The molecule has 0 bridgehead atoms. The predicted molar refractivity (Wildman–Crippen MR) is 124 cm³/mol. The highest BCUT2D eigenvalue weighted by atomic mass is 32.2. The van der Waals surface area contributed by atoms with Crippen molar-refractivity contribution in [2.45, 2.75) is 30.3 Å². The van der Waals surface area contributed by atoms with Crippen molar-refractivity contribution in [3.05, 3.63) is 78.4 Å². The number of nitrogens with zero attached hydrogens (tertiary/aromatic N) is 3. The van der Waals surface area contributed by atoms with E-state index in [-0.39, 0.29) is 11.6 Å². The molecule has 2 aromatic carbocycles. The number of fused-ring (bicyclic) bond motifs is 1. The third-order valence-electron chi connectivity index (χ3n) is 5.12. The fourth-order valence-corrected chi connectivity index (χ4v) is 4.47. The molecule has 0 saturated carbocycles. The number of amides is 1. The third-order valence-corrected chi connectivity index (χ3v) is 6.14. The van der Waals surface area contributed by atoms with Crippen molar-refractivity contribution in [2.24, 2.45) is 0 Å². The summed E-state index contributed by atoms with van der Waals surface area (Å²) in [6, 6.07) is 15.2. The lowest BCUT2D eigenvalue weighted by Gasteiger charge is -2.20. The lowest BCUT2D eigenvalue weighted by atomic mass is 10.2. The number of anilines is 1. The van der Waals surface area contributed by atoms with Gasteiger partial charge in [0.05, 0.1) is 30.0 Å². The number of carbonyl (C=O) groups is 1. The number of imidazole rings is 1. The van der Waals surface area contributed by atoms with E-state index in [4.69, 9.17) is 9.72 Å². The second kappa shape index (κ2) is 9.82. The first-order chi connectivity index (χ1) is 15.6. The van der Waals surface area contributed by atoms with Gasteiger partial charge in [-0.2, -0.15) is 0 Å². The van der Waals surface area contributed by atoms with Gasteiger partial charge in [0, 0.05) is 11.9 Å². The van der Waals surface area contributed by atoms with E-state index in [9.17, 15) is 9.18 Å². The van der Waals surface area contributed by atoms with Gasteiger partial charge in [0.2, 0.25) is 5.91 Å². The second-order valence-electron chi connectivity index (χ2n) is 7.16. The molecule has 0 saturated heterocycles. The highest BCUT2D eigenvalue weighted by Gasteiger charge is 2.25. The van der Waals surface area contributed by atoms with Crippen molar-refractivity contribution in [1.82, 2.24) is 14.5 Å². The first-order valence-electron chi connectivity index (χ1n) is 10.2. The zero-order valence-corrected chi connectivity index (χ0v) is 18.6. The average molecular weight is 451 g/mol. The molecule has 0 fully saturated rings. The van der Waals surface area contributed by atoms with E-state index in [1.807, 2.05) is 41.8 Å². The van der Waals surface area contributed by atoms with Crippen LogP contribution in [0.4, 0.5) is 10.1 Å². The van der Waals surface area contributed by atoms with E-state index in [1.54, 1.807) is 37.7 Å². The summed E-state index contributed by atoms with van der Waals surface area (Å²) < 4.78 is 21.2. The Kier molecular flexibility index (Phi) is 6.70. The van der Waals surface area contributed by atoms with E-state index in [0.717, 1.165) is 22.3 Å². The molecule has 0 aliphatic rings. The highest BCUT2D eigenvalue weighted by Crippen LogP contribution is 2.32. The van der Waals surface area contributed by atoms with Crippen LogP contribution in [0.3, 0.4) is 0 Å². The van der Waals surface area contributed by atoms with Gasteiger partial charge in [0.25, 0.3) is 0 Å². The number of hydrogen-bond acceptors (Lipinski definition) is 5. The number of carbonyl (C=O) groups excluding carboxylic acids is 1. The Bertz CT molecular complexity index is 1230. The molecule has 1 atom stereocenters. The number of pyridine rings is 1. The summed E-state index contributed by atoms with van der Waals surface area (Å²) in [6.07, 6.45) is 3.90. The van der Waals surface area contributed by atoms with Crippen molar-refractivity contribution in [2.75, 3.05) is 12.4 Å². The van der Waals surface area contributed by atoms with Gasteiger partial charge < -0.3 is 14.6 Å². The van der Waals surface area contributed by atoms with Crippen LogP contribution in [0.2, 0.25) is 0 Å². The Hall–Kier alpha value is -3.39. The molecule has 4 rings (SSSR count). The molecular formula is C24H23FN4O2S. The van der Waals surface area contributed by atoms with Crippen LogP contribution in [0.25, 0.3) is 11.0 Å². The number of ether oxygens (including phenoxy) is 1. The number of benzene rings is 2. The number of methoxy groups -OCH3 is 1. The minimum atomic E-state index is -0.567. The van der Waals surface area contributed by atoms with Gasteiger partial charge in [-0.1, -0.05) is 43.0 Å². The highest BCUT2D eigenvalue weighted by molar-refractivity contribution is 7.98. The molecule has 0 aliphatic carbocycles. The van der Waals surface area contributed by atoms with Crippen molar-refractivity contribution < 1.29 is 13.9 Å². The van der Waals surface area contributed by atoms with Gasteiger partial charge in [-0.25, -0.2) is 9.37 Å². The van der Waals surface area contributed by atoms with Gasteiger partial charge in [-0.05, 0) is 42.3 Å². The summed E-state index contributed by atoms with van der Waals surface area (Å²) >= 11 is 1.54. The number of aromatic nitrogens is 3. The number of para-hydroxylation sites is 1. The Morgan fingerprint density at radius 1 is 1.19 bits per heavy atom. The lowest BCUT2D eigenvalue weighted by Crippen LogP contribution is -2.26. The van der Waals surface area contributed by atoms with Gasteiger partial charge >= 0.3 is 0 Å². The Balaban J connectivity index is 1.64. The van der Waals surface area contributed by atoms with Crippen LogP contribution in [-0.4, -0.2) is 27.6 Å². The third kappa shape index (κ3) is 4.60. The maximum atomic E-state index is 14.1. The predicted octanol–water partition coefficient (Wildman–Crippen LogP) is 5.46. The second-order valence-corrected chi connectivity index (χ2v) is 8.10. The van der Waals surface area contributed by atoms with E-state index in [0.29, 0.717) is 17.3 Å². The Morgan fingerprint density at radius 2 is 1.97 bits per heavy atom. The van der Waals surface area contributed by atoms with Gasteiger partial charge in [-0.3, -0.25) is 9.78 Å². The summed E-state index contributed by atoms with van der Waals surface area (Å²) in [6.45, 7) is 1.92. The summed E-state index contributed by atoms with van der Waals surface area (Å²) in [5.74, 6) is 0.702. The first-order valence-corrected chi connectivity index (χ1v) is 11.2. The largest absolute Gasteiger partial charge is 0.497 e. The molecule has 0 aliphatic heterocycles. The van der Waals surface area contributed by atoms with E-state index in [2.05, 4.69) is 10.3 Å². The number of thioether (sulfide) groups is 1. The zero-order valence-electron chi connectivity index (χ0n) is 17.8. The minimum Gasteiger partial charge on any atom is -0.497 e. The number of nitrogens with one attached hydrogen (secondary N) is 1. The maximum absolute atomic E-state index is 14.1. The van der Waals surface area contributed by atoms with Crippen molar-refractivity contribution in [1.29, 1.82) is 0 Å². The van der Waals surface area contributed by atoms with Crippen LogP contribution in [0.1, 0.15) is 24.9 Å². The monoisotopic (exact) mass is 450 g/mol. The standard InChI is InChI=1S/C24H23FN4O2S/c1-3-21(23(30)27-19-7-5-4-6-18(19)25)29-22-14-26-13-12-20(22)28-24(29)32-15-16-8-10-17(31-2)11-9-16/h4-14,21H,3,15H2,1-2H3,(H,27,30)/t21-/m0/s1. The molecule has 4 aromatic rings. The topological polar surface area (TPSA) is 69.0 Å². The van der Waals surface area contributed by atoms with Gasteiger partial charge in [0.1, 0.15) is 17.6 Å². The Morgan fingerprint density at radius 3 is 2.69 bits per heavy atom. The zero-order chi connectivity index (χ0) is 22.5. The fraction of sp³-hybridized carbons (Fsp3) is 0.208. The normalized spacial score (nSPS) is 12.0. The van der Waals surface area contributed by atoms with Crippen LogP contribution in [-0.2, 0) is 10.5 Å². The molecule has 2 aromatic heterocycles. The Labute approximate surface area is 189 Å². The van der Waals surface area contributed by atoms with E-state index < -0.39 is 11.9 Å². The SMILES string of the molecule is CC[C@@H](C(=O)Nc1ccccc1F)n1c(SCc2ccc(OC)cc2)nc2ccncc21. The molecule has 164 valence electrons. The molecule has 0 radical (unpaired) electrons.